The average Bonchev–Trinajstić information content (AvgIpc) is 3.51. The molecule has 0 spiro atoms. The molecule has 1 N–H and O–H groups in total. The van der Waals surface area contributed by atoms with Crippen LogP contribution in [0.2, 0.25) is 0 Å². The van der Waals surface area contributed by atoms with E-state index >= 15 is 0 Å². The Hall–Kier alpha value is -3.68. The third-order valence-corrected chi connectivity index (χ3v) is 7.30. The Kier molecular flexibility index (Phi) is 5.83. The summed E-state index contributed by atoms with van der Waals surface area (Å²) in [5.74, 6) is 1.32. The van der Waals surface area contributed by atoms with E-state index < -0.39 is 5.54 Å². The Morgan fingerprint density at radius 2 is 1.66 bits per heavy atom. The monoisotopic (exact) mass is 477 g/mol. The summed E-state index contributed by atoms with van der Waals surface area (Å²) < 4.78 is 18.4. The van der Waals surface area contributed by atoms with E-state index in [2.05, 4.69) is 5.32 Å². The van der Waals surface area contributed by atoms with Crippen LogP contribution in [0.15, 0.2) is 42.5 Å². The molecule has 1 atom stereocenters. The molecule has 1 aliphatic heterocycles. The highest BCUT2D eigenvalue weighted by atomic mass is 16.5. The summed E-state index contributed by atoms with van der Waals surface area (Å²) in [6.45, 7) is 2.12. The zero-order valence-electron chi connectivity index (χ0n) is 20.6. The number of hydrogen-bond donors (Lipinski definition) is 1. The Labute approximate surface area is 204 Å². The summed E-state index contributed by atoms with van der Waals surface area (Å²) in [6.07, 6.45) is 4.11. The second-order valence-electron chi connectivity index (χ2n) is 9.45. The number of rotatable bonds is 6. The molecule has 0 radical (unpaired) electrons. The van der Waals surface area contributed by atoms with E-state index in [0.717, 1.165) is 36.6 Å². The van der Waals surface area contributed by atoms with Gasteiger partial charge in [0.1, 0.15) is 28.5 Å². The van der Waals surface area contributed by atoms with Crippen molar-refractivity contribution in [2.75, 3.05) is 26.2 Å². The van der Waals surface area contributed by atoms with Crippen molar-refractivity contribution in [3.05, 3.63) is 48.2 Å². The number of amides is 2. The first kappa shape index (κ1) is 23.1. The SMILES string of the molecule is COc1ccc(N2C(=O)c3cc4ccc(OC)cc4n3C[C@]2(C)C(=O)NC2CCCC2)c(OC)c1. The number of anilines is 1. The van der Waals surface area contributed by atoms with Gasteiger partial charge in [0.2, 0.25) is 5.91 Å². The number of hydrogen-bond acceptors (Lipinski definition) is 5. The molecule has 8 heteroatoms. The van der Waals surface area contributed by atoms with Gasteiger partial charge >= 0.3 is 0 Å². The number of benzene rings is 2. The van der Waals surface area contributed by atoms with Crippen molar-refractivity contribution < 1.29 is 23.8 Å². The lowest BCUT2D eigenvalue weighted by Gasteiger charge is -2.44. The first-order valence-corrected chi connectivity index (χ1v) is 11.9. The second-order valence-corrected chi connectivity index (χ2v) is 9.45. The van der Waals surface area contributed by atoms with E-state index in [-0.39, 0.29) is 17.9 Å². The number of aromatic nitrogens is 1. The fourth-order valence-corrected chi connectivity index (χ4v) is 5.36. The first-order chi connectivity index (χ1) is 16.9. The maximum absolute atomic E-state index is 14.1. The predicted molar refractivity (Wildman–Crippen MR) is 134 cm³/mol. The zero-order valence-corrected chi connectivity index (χ0v) is 20.6. The van der Waals surface area contributed by atoms with Gasteiger partial charge in [0, 0.05) is 23.6 Å². The Morgan fingerprint density at radius 3 is 2.34 bits per heavy atom. The van der Waals surface area contributed by atoms with Gasteiger partial charge in [-0.1, -0.05) is 12.8 Å². The highest BCUT2D eigenvalue weighted by molar-refractivity contribution is 6.14. The summed E-state index contributed by atoms with van der Waals surface area (Å²) in [7, 11) is 4.74. The van der Waals surface area contributed by atoms with E-state index in [1.807, 2.05) is 35.8 Å². The quantitative estimate of drug-likeness (QED) is 0.577. The average molecular weight is 478 g/mol. The maximum atomic E-state index is 14.1. The van der Waals surface area contributed by atoms with Crippen molar-refractivity contribution in [3.63, 3.8) is 0 Å². The number of ether oxygens (including phenoxy) is 3. The molecule has 184 valence electrons. The summed E-state index contributed by atoms with van der Waals surface area (Å²) >= 11 is 0. The summed E-state index contributed by atoms with van der Waals surface area (Å²) in [4.78, 5) is 29.6. The number of fused-ring (bicyclic) bond motifs is 3. The Morgan fingerprint density at radius 1 is 0.971 bits per heavy atom. The minimum absolute atomic E-state index is 0.122. The van der Waals surface area contributed by atoms with Crippen LogP contribution >= 0.6 is 0 Å². The molecule has 2 aromatic carbocycles. The summed E-state index contributed by atoms with van der Waals surface area (Å²) in [5, 5.41) is 4.14. The van der Waals surface area contributed by atoms with Crippen molar-refractivity contribution >= 4 is 28.4 Å². The molecule has 2 heterocycles. The van der Waals surface area contributed by atoms with Gasteiger partial charge in [0.15, 0.2) is 0 Å². The smallest absolute Gasteiger partial charge is 0.276 e. The van der Waals surface area contributed by atoms with Crippen molar-refractivity contribution in [1.29, 1.82) is 0 Å². The normalized spacial score (nSPS) is 20.1. The topological polar surface area (TPSA) is 82.0 Å². The number of nitrogens with zero attached hydrogens (tertiary/aromatic N) is 2. The van der Waals surface area contributed by atoms with E-state index in [1.54, 1.807) is 44.4 Å². The molecular weight excluding hydrogens is 446 g/mol. The molecule has 5 rings (SSSR count). The molecule has 1 saturated carbocycles. The highest BCUT2D eigenvalue weighted by Gasteiger charge is 2.50. The maximum Gasteiger partial charge on any atom is 0.276 e. The number of carbonyl (C=O) groups excluding carboxylic acids is 2. The third kappa shape index (κ3) is 3.77. The lowest BCUT2D eigenvalue weighted by Crippen LogP contribution is -2.65. The largest absolute Gasteiger partial charge is 0.497 e. The molecule has 3 aromatic rings. The van der Waals surface area contributed by atoms with Crippen molar-refractivity contribution in [1.82, 2.24) is 9.88 Å². The predicted octanol–water partition coefficient (Wildman–Crippen LogP) is 4.15. The van der Waals surface area contributed by atoms with E-state index in [9.17, 15) is 9.59 Å². The van der Waals surface area contributed by atoms with Crippen LogP contribution in [0.1, 0.15) is 43.1 Å². The number of carbonyl (C=O) groups is 2. The molecule has 1 aromatic heterocycles. The van der Waals surface area contributed by atoms with Gasteiger partial charge in [0.05, 0.1) is 39.1 Å². The minimum Gasteiger partial charge on any atom is -0.497 e. The first-order valence-electron chi connectivity index (χ1n) is 11.9. The molecular formula is C27H31N3O5. The van der Waals surface area contributed by atoms with E-state index in [0.29, 0.717) is 35.2 Å². The number of nitrogens with one attached hydrogen (secondary N) is 1. The molecule has 2 amide bonds. The lowest BCUT2D eigenvalue weighted by atomic mass is 9.93. The molecule has 0 saturated heterocycles. The lowest BCUT2D eigenvalue weighted by molar-refractivity contribution is -0.127. The van der Waals surface area contributed by atoms with Gasteiger partial charge in [-0.2, -0.15) is 0 Å². The number of methoxy groups -OCH3 is 3. The molecule has 1 aliphatic carbocycles. The van der Waals surface area contributed by atoms with Crippen LogP contribution in [-0.4, -0.2) is 49.3 Å². The van der Waals surface area contributed by atoms with Crippen LogP contribution in [0.3, 0.4) is 0 Å². The fourth-order valence-electron chi connectivity index (χ4n) is 5.36. The minimum atomic E-state index is -1.19. The Balaban J connectivity index is 1.67. The second kappa shape index (κ2) is 8.83. The Bertz CT molecular complexity index is 1290. The van der Waals surface area contributed by atoms with Gasteiger partial charge in [0.25, 0.3) is 5.91 Å². The molecule has 0 unspecified atom stereocenters. The van der Waals surface area contributed by atoms with Gasteiger partial charge in [-0.25, -0.2) is 0 Å². The van der Waals surface area contributed by atoms with Gasteiger partial charge in [-0.15, -0.1) is 0 Å². The van der Waals surface area contributed by atoms with Crippen molar-refractivity contribution in [2.24, 2.45) is 0 Å². The van der Waals surface area contributed by atoms with E-state index in [4.69, 9.17) is 14.2 Å². The van der Waals surface area contributed by atoms with Crippen LogP contribution in [0, 0.1) is 0 Å². The summed E-state index contributed by atoms with van der Waals surface area (Å²) in [6, 6.07) is 13.0. The third-order valence-electron chi connectivity index (χ3n) is 7.30. The van der Waals surface area contributed by atoms with Gasteiger partial charge in [-0.3, -0.25) is 14.5 Å². The standard InChI is InChI=1S/C27H31N3O5/c1-27(26(32)28-18-7-5-6-8-18)16-29-22-14-19(33-2)10-9-17(22)13-23(29)25(31)30(27)21-12-11-20(34-3)15-24(21)35-4/h9-15,18H,5-8,16H2,1-4H3,(H,28,32)/t27-/m1/s1. The van der Waals surface area contributed by atoms with Crippen LogP contribution < -0.4 is 24.4 Å². The molecule has 2 aliphatic rings. The zero-order chi connectivity index (χ0) is 24.7. The van der Waals surface area contributed by atoms with Crippen LogP contribution in [0.4, 0.5) is 5.69 Å². The van der Waals surface area contributed by atoms with Crippen LogP contribution in [0.25, 0.3) is 10.9 Å². The van der Waals surface area contributed by atoms with Crippen molar-refractivity contribution in [3.8, 4) is 17.2 Å². The van der Waals surface area contributed by atoms with Crippen LogP contribution in [0.5, 0.6) is 17.2 Å². The van der Waals surface area contributed by atoms with Crippen molar-refractivity contribution in [2.45, 2.75) is 50.7 Å². The van der Waals surface area contributed by atoms with Crippen LogP contribution in [-0.2, 0) is 11.3 Å². The van der Waals surface area contributed by atoms with Gasteiger partial charge in [-0.05, 0) is 50.1 Å². The van der Waals surface area contributed by atoms with E-state index in [1.165, 1.54) is 0 Å². The molecule has 8 nitrogen and oxygen atoms in total. The highest BCUT2D eigenvalue weighted by Crippen LogP contribution is 2.42. The summed E-state index contributed by atoms with van der Waals surface area (Å²) in [5.41, 5.74) is 0.700. The fraction of sp³-hybridized carbons (Fsp3) is 0.407. The molecule has 1 fully saturated rings. The molecule has 0 bridgehead atoms. The molecule has 35 heavy (non-hydrogen) atoms. The van der Waals surface area contributed by atoms with Gasteiger partial charge < -0.3 is 24.1 Å².